The van der Waals surface area contributed by atoms with Crippen molar-refractivity contribution in [1.82, 2.24) is 9.55 Å². The SMILES string of the molecule is Cn1cnc(C(=O)N2CCc3cccc(N)c32)c1. The topological polar surface area (TPSA) is 64.2 Å². The molecule has 0 atom stereocenters. The fraction of sp³-hybridized carbons (Fsp3) is 0.231. The van der Waals surface area contributed by atoms with Crippen molar-refractivity contribution in [2.24, 2.45) is 7.05 Å². The monoisotopic (exact) mass is 242 g/mol. The second-order valence-corrected chi connectivity index (χ2v) is 4.49. The molecule has 0 spiro atoms. The van der Waals surface area contributed by atoms with Gasteiger partial charge in [0.1, 0.15) is 5.69 Å². The Balaban J connectivity index is 2.00. The van der Waals surface area contributed by atoms with E-state index in [1.165, 1.54) is 0 Å². The van der Waals surface area contributed by atoms with E-state index >= 15 is 0 Å². The summed E-state index contributed by atoms with van der Waals surface area (Å²) in [6.07, 6.45) is 4.19. The first-order valence-electron chi connectivity index (χ1n) is 5.84. The second-order valence-electron chi connectivity index (χ2n) is 4.49. The number of hydrogen-bond donors (Lipinski definition) is 1. The van der Waals surface area contributed by atoms with E-state index in [-0.39, 0.29) is 5.91 Å². The molecular formula is C13H14N4O. The Morgan fingerprint density at radius 2 is 2.28 bits per heavy atom. The number of imidazole rings is 1. The van der Waals surface area contributed by atoms with Gasteiger partial charge < -0.3 is 15.2 Å². The van der Waals surface area contributed by atoms with Crippen LogP contribution in [0.25, 0.3) is 0 Å². The molecule has 0 fully saturated rings. The summed E-state index contributed by atoms with van der Waals surface area (Å²) in [7, 11) is 1.84. The first kappa shape index (κ1) is 10.8. The van der Waals surface area contributed by atoms with Gasteiger partial charge >= 0.3 is 0 Å². The summed E-state index contributed by atoms with van der Waals surface area (Å²) in [5.74, 6) is -0.0905. The molecule has 0 aliphatic carbocycles. The van der Waals surface area contributed by atoms with Gasteiger partial charge in [-0.3, -0.25) is 4.79 Å². The van der Waals surface area contributed by atoms with Crippen LogP contribution < -0.4 is 10.6 Å². The lowest BCUT2D eigenvalue weighted by atomic mass is 10.1. The number of carbonyl (C=O) groups is 1. The maximum atomic E-state index is 12.4. The number of fused-ring (bicyclic) bond motifs is 1. The molecule has 1 amide bonds. The van der Waals surface area contributed by atoms with Crippen molar-refractivity contribution in [2.75, 3.05) is 17.2 Å². The first-order valence-corrected chi connectivity index (χ1v) is 5.84. The summed E-state index contributed by atoms with van der Waals surface area (Å²) in [6.45, 7) is 0.666. The maximum absolute atomic E-state index is 12.4. The van der Waals surface area contributed by atoms with Crippen molar-refractivity contribution in [3.05, 3.63) is 42.0 Å². The van der Waals surface area contributed by atoms with Gasteiger partial charge in [0.25, 0.3) is 5.91 Å². The summed E-state index contributed by atoms with van der Waals surface area (Å²) in [6, 6.07) is 5.75. The van der Waals surface area contributed by atoms with Gasteiger partial charge in [-0.15, -0.1) is 0 Å². The third-order valence-corrected chi connectivity index (χ3v) is 3.19. The number of amides is 1. The Morgan fingerprint density at radius 3 is 3.00 bits per heavy atom. The van der Waals surface area contributed by atoms with Gasteiger partial charge in [-0.2, -0.15) is 0 Å². The normalized spacial score (nSPS) is 13.7. The van der Waals surface area contributed by atoms with E-state index in [1.807, 2.05) is 25.2 Å². The lowest BCUT2D eigenvalue weighted by Gasteiger charge is -2.17. The fourth-order valence-electron chi connectivity index (χ4n) is 2.35. The van der Waals surface area contributed by atoms with Gasteiger partial charge in [-0.1, -0.05) is 12.1 Å². The molecule has 2 heterocycles. The average molecular weight is 242 g/mol. The molecule has 92 valence electrons. The van der Waals surface area contributed by atoms with Crippen LogP contribution in [0.3, 0.4) is 0 Å². The Morgan fingerprint density at radius 1 is 1.44 bits per heavy atom. The van der Waals surface area contributed by atoms with Crippen molar-refractivity contribution >= 4 is 17.3 Å². The van der Waals surface area contributed by atoms with E-state index in [4.69, 9.17) is 5.73 Å². The largest absolute Gasteiger partial charge is 0.397 e. The quantitative estimate of drug-likeness (QED) is 0.764. The number of nitrogens with zero attached hydrogens (tertiary/aromatic N) is 3. The molecule has 0 unspecified atom stereocenters. The summed E-state index contributed by atoms with van der Waals surface area (Å²) in [5, 5.41) is 0. The predicted octanol–water partition coefficient (Wildman–Crippen LogP) is 1.21. The van der Waals surface area contributed by atoms with Crippen LogP contribution in [0, 0.1) is 0 Å². The molecule has 1 aromatic carbocycles. The standard InChI is InChI=1S/C13H14N4O/c1-16-7-11(15-8-16)13(18)17-6-5-9-3-2-4-10(14)12(9)17/h2-4,7-8H,5-6,14H2,1H3. The molecule has 0 radical (unpaired) electrons. The molecule has 18 heavy (non-hydrogen) atoms. The molecule has 5 heteroatoms. The highest BCUT2D eigenvalue weighted by Gasteiger charge is 2.28. The van der Waals surface area contributed by atoms with Gasteiger partial charge in [-0.05, 0) is 18.1 Å². The number of benzene rings is 1. The average Bonchev–Trinajstić information content (AvgIpc) is 2.95. The molecule has 2 N–H and O–H groups in total. The third-order valence-electron chi connectivity index (χ3n) is 3.19. The molecule has 1 aliphatic heterocycles. The minimum atomic E-state index is -0.0905. The van der Waals surface area contributed by atoms with Crippen molar-refractivity contribution < 1.29 is 4.79 Å². The van der Waals surface area contributed by atoms with E-state index in [9.17, 15) is 4.79 Å². The smallest absolute Gasteiger partial charge is 0.278 e. The number of rotatable bonds is 1. The predicted molar refractivity (Wildman–Crippen MR) is 69.4 cm³/mol. The van der Waals surface area contributed by atoms with Crippen LogP contribution in [0.5, 0.6) is 0 Å². The van der Waals surface area contributed by atoms with Gasteiger partial charge in [0, 0.05) is 19.8 Å². The molecule has 0 saturated heterocycles. The molecule has 1 aliphatic rings. The number of hydrogen-bond acceptors (Lipinski definition) is 3. The molecule has 5 nitrogen and oxygen atoms in total. The number of anilines is 2. The summed E-state index contributed by atoms with van der Waals surface area (Å²) < 4.78 is 1.76. The van der Waals surface area contributed by atoms with Crippen molar-refractivity contribution in [2.45, 2.75) is 6.42 Å². The Labute approximate surface area is 105 Å². The molecule has 3 rings (SSSR count). The van der Waals surface area contributed by atoms with Gasteiger partial charge in [0.2, 0.25) is 0 Å². The number of aryl methyl sites for hydroxylation is 1. The van der Waals surface area contributed by atoms with E-state index in [1.54, 1.807) is 22.0 Å². The molecular weight excluding hydrogens is 228 g/mol. The maximum Gasteiger partial charge on any atom is 0.278 e. The van der Waals surface area contributed by atoms with E-state index in [2.05, 4.69) is 4.98 Å². The van der Waals surface area contributed by atoms with E-state index in [0.29, 0.717) is 17.9 Å². The van der Waals surface area contributed by atoms with Gasteiger partial charge in [0.05, 0.1) is 17.7 Å². The zero-order valence-corrected chi connectivity index (χ0v) is 10.1. The number of carbonyl (C=O) groups excluding carboxylic acids is 1. The fourth-order valence-corrected chi connectivity index (χ4v) is 2.35. The van der Waals surface area contributed by atoms with Crippen LogP contribution in [0.4, 0.5) is 11.4 Å². The number of para-hydroxylation sites is 1. The summed E-state index contributed by atoms with van der Waals surface area (Å²) >= 11 is 0. The first-order chi connectivity index (χ1) is 8.66. The lowest BCUT2D eigenvalue weighted by molar-refractivity contribution is 0.0985. The van der Waals surface area contributed by atoms with Crippen LogP contribution >= 0.6 is 0 Å². The minimum absolute atomic E-state index is 0.0905. The highest BCUT2D eigenvalue weighted by atomic mass is 16.2. The molecule has 1 aromatic heterocycles. The highest BCUT2D eigenvalue weighted by molar-refractivity contribution is 6.07. The zero-order chi connectivity index (χ0) is 12.7. The minimum Gasteiger partial charge on any atom is -0.397 e. The van der Waals surface area contributed by atoms with Crippen molar-refractivity contribution in [3.63, 3.8) is 0 Å². The van der Waals surface area contributed by atoms with E-state index in [0.717, 1.165) is 17.7 Å². The highest BCUT2D eigenvalue weighted by Crippen LogP contribution is 2.34. The van der Waals surface area contributed by atoms with Gasteiger partial charge in [0.15, 0.2) is 0 Å². The molecule has 2 aromatic rings. The summed E-state index contributed by atoms with van der Waals surface area (Å²) in [5.41, 5.74) is 9.03. The van der Waals surface area contributed by atoms with Crippen LogP contribution in [0.2, 0.25) is 0 Å². The Kier molecular flexibility index (Phi) is 2.33. The van der Waals surface area contributed by atoms with Gasteiger partial charge in [-0.25, -0.2) is 4.98 Å². The van der Waals surface area contributed by atoms with Crippen LogP contribution in [0.1, 0.15) is 16.1 Å². The van der Waals surface area contributed by atoms with Crippen molar-refractivity contribution in [1.29, 1.82) is 0 Å². The summed E-state index contributed by atoms with van der Waals surface area (Å²) in [4.78, 5) is 18.2. The van der Waals surface area contributed by atoms with Crippen molar-refractivity contribution in [3.8, 4) is 0 Å². The molecule has 0 saturated carbocycles. The molecule has 0 bridgehead atoms. The van der Waals surface area contributed by atoms with Crippen LogP contribution in [-0.2, 0) is 13.5 Å². The Bertz CT molecular complexity index is 617. The number of nitrogen functional groups attached to an aromatic ring is 1. The zero-order valence-electron chi connectivity index (χ0n) is 10.1. The Hall–Kier alpha value is -2.30. The van der Waals surface area contributed by atoms with Crippen LogP contribution in [-0.4, -0.2) is 22.0 Å². The number of nitrogens with two attached hydrogens (primary N) is 1. The number of aromatic nitrogens is 2. The lowest BCUT2D eigenvalue weighted by Crippen LogP contribution is -2.29. The second kappa shape index (κ2) is 3.87. The van der Waals surface area contributed by atoms with Crippen LogP contribution in [0.15, 0.2) is 30.7 Å². The van der Waals surface area contributed by atoms with E-state index < -0.39 is 0 Å². The third kappa shape index (κ3) is 1.55.